The van der Waals surface area contributed by atoms with E-state index in [0.29, 0.717) is 12.8 Å². The number of hydrazine groups is 1. The molecule has 10 nitrogen and oxygen atoms in total. The van der Waals surface area contributed by atoms with Gasteiger partial charge in [-0.25, -0.2) is 9.80 Å². The number of nitrogens with zero attached hydrogens (tertiary/aromatic N) is 3. The number of ether oxygens (including phenoxy) is 1. The molecule has 1 aliphatic heterocycles. The van der Waals surface area contributed by atoms with Crippen LogP contribution in [-0.2, 0) is 32.0 Å². The Morgan fingerprint density at radius 1 is 0.736 bits per heavy atom. The molecule has 4 amide bonds. The van der Waals surface area contributed by atoms with Crippen molar-refractivity contribution < 1.29 is 23.9 Å². The molecule has 0 bridgehead atoms. The van der Waals surface area contributed by atoms with Crippen molar-refractivity contribution in [3.63, 3.8) is 0 Å². The third kappa shape index (κ3) is 12.9. The standard InChI is InChI=1S/C43H57N5O5/c1-42(2,3)53-41(52)44-43(4,5)27-17-22-38(49)46(6)37(31-33-23-25-35(26-24-33)34-20-13-9-14-21-34)40(51)47(7)36(30-32-18-11-8-12-19-32)39(50)45-48-28-15-10-16-29-48/h8-9,11-14,17-26,36-37H,10,15-16,27-31H2,1-7H3,(H,44,52)(H,45,50)/b22-17+/t36-,37-/m1/s1. The molecule has 0 saturated carbocycles. The molecule has 4 rings (SSSR count). The quantitative estimate of drug-likeness (QED) is 0.183. The molecule has 0 aromatic heterocycles. The molecule has 2 N–H and O–H groups in total. The van der Waals surface area contributed by atoms with Gasteiger partial charge in [0.05, 0.1) is 0 Å². The van der Waals surface area contributed by atoms with Crippen LogP contribution in [-0.4, -0.2) is 89.0 Å². The molecule has 1 saturated heterocycles. The lowest BCUT2D eigenvalue weighted by molar-refractivity contribution is -0.147. The fourth-order valence-corrected chi connectivity index (χ4v) is 6.30. The smallest absolute Gasteiger partial charge is 0.408 e. The van der Waals surface area contributed by atoms with E-state index in [4.69, 9.17) is 4.74 Å². The molecule has 1 aliphatic rings. The maximum atomic E-state index is 14.6. The number of benzene rings is 3. The fourth-order valence-electron chi connectivity index (χ4n) is 6.30. The van der Waals surface area contributed by atoms with E-state index in [0.717, 1.165) is 54.6 Å². The Kier molecular flexibility index (Phi) is 14.4. The Bertz CT molecular complexity index is 1680. The highest BCUT2D eigenvalue weighted by Gasteiger charge is 2.35. The first-order valence-corrected chi connectivity index (χ1v) is 18.6. The predicted octanol–water partition coefficient (Wildman–Crippen LogP) is 6.56. The molecule has 1 heterocycles. The number of carbonyl (C=O) groups excluding carboxylic acids is 4. The predicted molar refractivity (Wildman–Crippen MR) is 210 cm³/mol. The number of amides is 4. The van der Waals surface area contributed by atoms with E-state index in [-0.39, 0.29) is 24.1 Å². The van der Waals surface area contributed by atoms with Crippen LogP contribution in [0.25, 0.3) is 11.1 Å². The van der Waals surface area contributed by atoms with E-state index in [1.54, 1.807) is 40.9 Å². The summed E-state index contributed by atoms with van der Waals surface area (Å²) < 4.78 is 5.40. The Morgan fingerprint density at radius 3 is 1.89 bits per heavy atom. The van der Waals surface area contributed by atoms with Crippen molar-refractivity contribution in [1.82, 2.24) is 25.6 Å². The number of alkyl carbamates (subject to hydrolysis) is 1. The molecule has 284 valence electrons. The minimum Gasteiger partial charge on any atom is -0.444 e. The van der Waals surface area contributed by atoms with Crippen molar-refractivity contribution in [3.8, 4) is 11.1 Å². The van der Waals surface area contributed by atoms with E-state index < -0.39 is 29.3 Å². The minimum absolute atomic E-state index is 0.242. The molecule has 0 unspecified atom stereocenters. The van der Waals surface area contributed by atoms with Crippen LogP contribution in [0, 0.1) is 0 Å². The van der Waals surface area contributed by atoms with Gasteiger partial charge in [-0.3, -0.25) is 19.8 Å². The zero-order valence-electron chi connectivity index (χ0n) is 32.4. The normalized spacial score (nSPS) is 14.9. The zero-order chi connectivity index (χ0) is 38.6. The van der Waals surface area contributed by atoms with Gasteiger partial charge in [-0.05, 0) is 82.2 Å². The van der Waals surface area contributed by atoms with Crippen molar-refractivity contribution >= 4 is 23.8 Å². The number of carbonyl (C=O) groups is 4. The average molecular weight is 724 g/mol. The second kappa shape index (κ2) is 18.7. The molecule has 2 atom stereocenters. The third-order valence-corrected chi connectivity index (χ3v) is 9.33. The summed E-state index contributed by atoms with van der Waals surface area (Å²) in [7, 11) is 3.27. The summed E-state index contributed by atoms with van der Waals surface area (Å²) in [4.78, 5) is 57.7. The number of nitrogens with one attached hydrogen (secondary N) is 2. The molecular formula is C43H57N5O5. The summed E-state index contributed by atoms with van der Waals surface area (Å²) in [5.74, 6) is -0.975. The largest absolute Gasteiger partial charge is 0.444 e. The first kappa shape index (κ1) is 40.8. The van der Waals surface area contributed by atoms with Gasteiger partial charge in [0.2, 0.25) is 11.8 Å². The van der Waals surface area contributed by atoms with Crippen LogP contribution in [0.1, 0.15) is 71.4 Å². The summed E-state index contributed by atoms with van der Waals surface area (Å²) >= 11 is 0. The van der Waals surface area contributed by atoms with Crippen molar-refractivity contribution in [2.75, 3.05) is 27.2 Å². The van der Waals surface area contributed by atoms with E-state index in [2.05, 4.69) is 10.7 Å². The highest BCUT2D eigenvalue weighted by molar-refractivity contribution is 5.95. The van der Waals surface area contributed by atoms with E-state index in [1.165, 1.54) is 15.9 Å². The highest BCUT2D eigenvalue weighted by atomic mass is 16.6. The van der Waals surface area contributed by atoms with Gasteiger partial charge in [-0.1, -0.05) is 97.4 Å². The number of hydrogen-bond acceptors (Lipinski definition) is 6. The van der Waals surface area contributed by atoms with Crippen LogP contribution in [0.2, 0.25) is 0 Å². The molecule has 53 heavy (non-hydrogen) atoms. The number of hydrogen-bond donors (Lipinski definition) is 2. The first-order chi connectivity index (χ1) is 25.1. The average Bonchev–Trinajstić information content (AvgIpc) is 3.12. The Hall–Kier alpha value is -4.96. The summed E-state index contributed by atoms with van der Waals surface area (Å²) in [6.45, 7) is 10.6. The lowest BCUT2D eigenvalue weighted by Crippen LogP contribution is -2.58. The van der Waals surface area contributed by atoms with Crippen LogP contribution < -0.4 is 10.7 Å². The van der Waals surface area contributed by atoms with Gasteiger partial charge in [0.25, 0.3) is 5.91 Å². The number of rotatable bonds is 14. The molecule has 1 fully saturated rings. The van der Waals surface area contributed by atoms with Crippen LogP contribution in [0.5, 0.6) is 0 Å². The lowest BCUT2D eigenvalue weighted by Gasteiger charge is -2.36. The molecule has 0 radical (unpaired) electrons. The van der Waals surface area contributed by atoms with Crippen LogP contribution >= 0.6 is 0 Å². The molecule has 3 aromatic carbocycles. The van der Waals surface area contributed by atoms with E-state index >= 15 is 0 Å². The fraction of sp³-hybridized carbons (Fsp3) is 0.442. The lowest BCUT2D eigenvalue weighted by atomic mass is 9.98. The second-order valence-electron chi connectivity index (χ2n) is 15.5. The summed E-state index contributed by atoms with van der Waals surface area (Å²) in [5, 5.41) is 4.79. The summed E-state index contributed by atoms with van der Waals surface area (Å²) in [6.07, 6.45) is 6.61. The van der Waals surface area contributed by atoms with Crippen molar-refractivity contribution in [1.29, 1.82) is 0 Å². The molecule has 10 heteroatoms. The van der Waals surface area contributed by atoms with Crippen LogP contribution in [0.15, 0.2) is 97.1 Å². The SMILES string of the molecule is CN(C(=O)/C=C/CC(C)(C)NC(=O)OC(C)(C)C)[C@H](Cc1ccc(-c2ccccc2)cc1)C(=O)N(C)[C@H](Cc1ccccc1)C(=O)NN1CCCCC1. The monoisotopic (exact) mass is 723 g/mol. The van der Waals surface area contributed by atoms with Crippen molar-refractivity contribution in [2.24, 2.45) is 0 Å². The maximum absolute atomic E-state index is 14.6. The highest BCUT2D eigenvalue weighted by Crippen LogP contribution is 2.22. The van der Waals surface area contributed by atoms with Gasteiger partial charge >= 0.3 is 6.09 Å². The van der Waals surface area contributed by atoms with Gasteiger partial charge in [0.15, 0.2) is 0 Å². The maximum Gasteiger partial charge on any atom is 0.408 e. The topological polar surface area (TPSA) is 111 Å². The van der Waals surface area contributed by atoms with Gasteiger partial charge < -0.3 is 19.9 Å². The Balaban J connectivity index is 1.58. The minimum atomic E-state index is -0.909. The van der Waals surface area contributed by atoms with Gasteiger partial charge in [-0.15, -0.1) is 0 Å². The number of piperidine rings is 1. The van der Waals surface area contributed by atoms with E-state index in [1.807, 2.05) is 104 Å². The molecular weight excluding hydrogens is 667 g/mol. The molecule has 0 aliphatic carbocycles. The van der Waals surface area contributed by atoms with Gasteiger partial charge in [-0.2, -0.15) is 0 Å². The van der Waals surface area contributed by atoms with Gasteiger partial charge in [0.1, 0.15) is 17.7 Å². The van der Waals surface area contributed by atoms with Crippen molar-refractivity contribution in [3.05, 3.63) is 108 Å². The Morgan fingerprint density at radius 2 is 1.28 bits per heavy atom. The number of likely N-dealkylation sites (N-methyl/N-ethyl adjacent to an activating group) is 2. The first-order valence-electron chi connectivity index (χ1n) is 18.6. The molecule has 0 spiro atoms. The Labute approximate surface area is 315 Å². The summed E-state index contributed by atoms with van der Waals surface area (Å²) in [5.41, 5.74) is 5.66. The van der Waals surface area contributed by atoms with E-state index in [9.17, 15) is 19.2 Å². The molecule has 3 aromatic rings. The zero-order valence-corrected chi connectivity index (χ0v) is 32.4. The van der Waals surface area contributed by atoms with Crippen LogP contribution in [0.3, 0.4) is 0 Å². The summed E-state index contributed by atoms with van der Waals surface area (Å²) in [6, 6.07) is 26.0. The van der Waals surface area contributed by atoms with Crippen molar-refractivity contribution in [2.45, 2.75) is 96.4 Å². The second-order valence-corrected chi connectivity index (χ2v) is 15.5. The van der Waals surface area contributed by atoms with Crippen LogP contribution in [0.4, 0.5) is 4.79 Å². The third-order valence-electron chi connectivity index (χ3n) is 9.33. The van der Waals surface area contributed by atoms with Gasteiger partial charge in [0, 0.05) is 45.6 Å².